The Morgan fingerprint density at radius 3 is 2.54 bits per heavy atom. The molecule has 24 heavy (non-hydrogen) atoms. The van der Waals surface area contributed by atoms with Crippen LogP contribution in [0, 0.1) is 18.2 Å². The lowest BCUT2D eigenvalue weighted by Gasteiger charge is -2.13. The van der Waals surface area contributed by atoms with Gasteiger partial charge in [0.15, 0.2) is 18.1 Å². The largest absolute Gasteiger partial charge is 0.490 e. The fourth-order valence-electron chi connectivity index (χ4n) is 1.95. The van der Waals surface area contributed by atoms with Gasteiger partial charge in [-0.15, -0.1) is 6.42 Å². The van der Waals surface area contributed by atoms with E-state index in [1.165, 1.54) is 12.1 Å². The predicted molar refractivity (Wildman–Crippen MR) is 87.5 cm³/mol. The summed E-state index contributed by atoms with van der Waals surface area (Å²) in [5.74, 6) is 2.31. The summed E-state index contributed by atoms with van der Waals surface area (Å²) in [6.07, 6.45) is 5.07. The van der Waals surface area contributed by atoms with Crippen LogP contribution in [0.5, 0.6) is 11.5 Å². The molecule has 0 spiro atoms. The highest BCUT2D eigenvalue weighted by molar-refractivity contribution is 5.90. The van der Waals surface area contributed by atoms with E-state index in [1.807, 2.05) is 6.92 Å². The first-order valence-corrected chi connectivity index (χ1v) is 7.38. The first-order valence-electron chi connectivity index (χ1n) is 7.38. The maximum absolute atomic E-state index is 12.9. The summed E-state index contributed by atoms with van der Waals surface area (Å²) in [6.45, 7) is 2.40. The minimum absolute atomic E-state index is 0.0916. The second-order valence-electron chi connectivity index (χ2n) is 4.79. The highest BCUT2D eigenvalue weighted by Crippen LogP contribution is 2.29. The van der Waals surface area contributed by atoms with E-state index in [-0.39, 0.29) is 19.0 Å². The van der Waals surface area contributed by atoms with E-state index < -0.39 is 5.97 Å². The Morgan fingerprint density at radius 2 is 1.88 bits per heavy atom. The van der Waals surface area contributed by atoms with Gasteiger partial charge in [0.2, 0.25) is 0 Å². The standard InChI is InChI=1S/C19H17FO4/c1-3-11-23-19(21)15-7-10-17(18(12-15)22-4-2)24-13-14-5-8-16(20)9-6-14/h1,5-10,12H,4,11,13H2,2H3. The van der Waals surface area contributed by atoms with Gasteiger partial charge in [-0.05, 0) is 42.8 Å². The molecule has 0 unspecified atom stereocenters. The SMILES string of the molecule is C#CCOC(=O)c1ccc(OCc2ccc(F)cc2)c(OCC)c1. The molecule has 124 valence electrons. The average Bonchev–Trinajstić information content (AvgIpc) is 2.60. The molecular weight excluding hydrogens is 311 g/mol. The maximum atomic E-state index is 12.9. The van der Waals surface area contributed by atoms with E-state index in [0.717, 1.165) is 5.56 Å². The number of esters is 1. The van der Waals surface area contributed by atoms with Crippen molar-refractivity contribution in [2.24, 2.45) is 0 Å². The Morgan fingerprint density at radius 1 is 1.12 bits per heavy atom. The van der Waals surface area contributed by atoms with Crippen molar-refractivity contribution in [2.45, 2.75) is 13.5 Å². The molecule has 0 N–H and O–H groups in total. The Bertz CT molecular complexity index is 732. The van der Waals surface area contributed by atoms with Crippen molar-refractivity contribution in [1.82, 2.24) is 0 Å². The number of carbonyl (C=O) groups excluding carboxylic acids is 1. The molecule has 2 aromatic rings. The topological polar surface area (TPSA) is 44.8 Å². The van der Waals surface area contributed by atoms with Gasteiger partial charge in [-0.2, -0.15) is 0 Å². The van der Waals surface area contributed by atoms with Crippen LogP contribution in [0.25, 0.3) is 0 Å². The van der Waals surface area contributed by atoms with Crippen molar-refractivity contribution >= 4 is 5.97 Å². The minimum atomic E-state index is -0.529. The first-order chi connectivity index (χ1) is 11.6. The monoisotopic (exact) mass is 328 g/mol. The van der Waals surface area contributed by atoms with Crippen LogP contribution in [0.4, 0.5) is 4.39 Å². The van der Waals surface area contributed by atoms with E-state index in [2.05, 4.69) is 5.92 Å². The average molecular weight is 328 g/mol. The van der Waals surface area contributed by atoms with Gasteiger partial charge < -0.3 is 14.2 Å². The molecule has 0 amide bonds. The lowest BCUT2D eigenvalue weighted by Crippen LogP contribution is -2.07. The number of hydrogen-bond acceptors (Lipinski definition) is 4. The quantitative estimate of drug-likeness (QED) is 0.575. The second-order valence-corrected chi connectivity index (χ2v) is 4.79. The molecule has 0 heterocycles. The molecule has 0 saturated carbocycles. The van der Waals surface area contributed by atoms with Gasteiger partial charge in [-0.3, -0.25) is 0 Å². The van der Waals surface area contributed by atoms with Gasteiger partial charge in [0.25, 0.3) is 0 Å². The van der Waals surface area contributed by atoms with Crippen molar-refractivity contribution in [3.63, 3.8) is 0 Å². The first kappa shape index (κ1) is 17.4. The van der Waals surface area contributed by atoms with Crippen LogP contribution in [0.15, 0.2) is 42.5 Å². The summed E-state index contributed by atoms with van der Waals surface area (Å²) >= 11 is 0. The smallest absolute Gasteiger partial charge is 0.339 e. The Balaban J connectivity index is 2.12. The van der Waals surface area contributed by atoms with Gasteiger partial charge in [0.1, 0.15) is 12.4 Å². The number of carbonyl (C=O) groups is 1. The van der Waals surface area contributed by atoms with Crippen molar-refractivity contribution in [1.29, 1.82) is 0 Å². The van der Waals surface area contributed by atoms with E-state index >= 15 is 0 Å². The summed E-state index contributed by atoms with van der Waals surface area (Å²) in [5.41, 5.74) is 1.14. The fraction of sp³-hybridized carbons (Fsp3) is 0.211. The van der Waals surface area contributed by atoms with Crippen LogP contribution in [-0.2, 0) is 11.3 Å². The van der Waals surface area contributed by atoms with Crippen LogP contribution >= 0.6 is 0 Å². The normalized spacial score (nSPS) is 9.88. The zero-order valence-electron chi connectivity index (χ0n) is 13.3. The molecule has 2 aromatic carbocycles. The van der Waals surface area contributed by atoms with Crippen molar-refractivity contribution < 1.29 is 23.4 Å². The third-order valence-corrected chi connectivity index (χ3v) is 3.07. The summed E-state index contributed by atoms with van der Waals surface area (Å²) in [6, 6.07) is 10.8. The number of terminal acetylenes is 1. The fourth-order valence-corrected chi connectivity index (χ4v) is 1.95. The van der Waals surface area contributed by atoms with E-state index in [9.17, 15) is 9.18 Å². The van der Waals surface area contributed by atoms with Gasteiger partial charge in [-0.1, -0.05) is 18.1 Å². The molecule has 0 saturated heterocycles. The molecule has 5 heteroatoms. The van der Waals surface area contributed by atoms with Gasteiger partial charge in [-0.25, -0.2) is 9.18 Å². The van der Waals surface area contributed by atoms with Crippen molar-refractivity contribution in [3.05, 3.63) is 59.4 Å². The molecular formula is C19H17FO4. The molecule has 0 aliphatic carbocycles. The summed E-state index contributed by atoms with van der Waals surface area (Å²) in [5, 5.41) is 0. The third kappa shape index (κ3) is 4.75. The highest BCUT2D eigenvalue weighted by atomic mass is 19.1. The van der Waals surface area contributed by atoms with Gasteiger partial charge >= 0.3 is 5.97 Å². The molecule has 0 aromatic heterocycles. The third-order valence-electron chi connectivity index (χ3n) is 3.07. The van der Waals surface area contributed by atoms with Crippen molar-refractivity contribution in [2.75, 3.05) is 13.2 Å². The molecule has 0 aliphatic heterocycles. The van der Waals surface area contributed by atoms with Gasteiger partial charge in [0, 0.05) is 0 Å². The number of rotatable bonds is 7. The Labute approximate surface area is 140 Å². The lowest BCUT2D eigenvalue weighted by molar-refractivity contribution is 0.0556. The summed E-state index contributed by atoms with van der Waals surface area (Å²) in [4.78, 5) is 11.8. The molecule has 0 radical (unpaired) electrons. The van der Waals surface area contributed by atoms with Crippen LogP contribution in [-0.4, -0.2) is 19.2 Å². The number of ether oxygens (including phenoxy) is 3. The molecule has 0 bridgehead atoms. The maximum Gasteiger partial charge on any atom is 0.339 e. The molecule has 2 rings (SSSR count). The van der Waals surface area contributed by atoms with E-state index in [1.54, 1.807) is 30.3 Å². The molecule has 0 atom stereocenters. The van der Waals surface area contributed by atoms with Crippen LogP contribution in [0.2, 0.25) is 0 Å². The van der Waals surface area contributed by atoms with Crippen LogP contribution in [0.3, 0.4) is 0 Å². The molecule has 0 aliphatic rings. The number of benzene rings is 2. The van der Waals surface area contributed by atoms with E-state index in [0.29, 0.717) is 23.7 Å². The van der Waals surface area contributed by atoms with Gasteiger partial charge in [0.05, 0.1) is 12.2 Å². The Hall–Kier alpha value is -3.00. The summed E-state index contributed by atoms with van der Waals surface area (Å²) < 4.78 is 29.0. The highest BCUT2D eigenvalue weighted by Gasteiger charge is 2.12. The molecule has 0 fully saturated rings. The minimum Gasteiger partial charge on any atom is -0.490 e. The lowest BCUT2D eigenvalue weighted by atomic mass is 10.2. The molecule has 4 nitrogen and oxygen atoms in total. The predicted octanol–water partition coefficient (Wildman–Crippen LogP) is 3.59. The second kappa shape index (κ2) is 8.59. The number of hydrogen-bond donors (Lipinski definition) is 0. The van der Waals surface area contributed by atoms with Crippen LogP contribution < -0.4 is 9.47 Å². The van der Waals surface area contributed by atoms with Crippen molar-refractivity contribution in [3.8, 4) is 23.8 Å². The Kier molecular flexibility index (Phi) is 6.21. The van der Waals surface area contributed by atoms with Crippen LogP contribution in [0.1, 0.15) is 22.8 Å². The summed E-state index contributed by atoms with van der Waals surface area (Å²) in [7, 11) is 0. The number of halogens is 1. The van der Waals surface area contributed by atoms with E-state index in [4.69, 9.17) is 20.6 Å². The zero-order valence-corrected chi connectivity index (χ0v) is 13.3. The zero-order chi connectivity index (χ0) is 17.4.